The van der Waals surface area contributed by atoms with Crippen LogP contribution in [0.3, 0.4) is 0 Å². The van der Waals surface area contributed by atoms with Crippen LogP contribution in [0.15, 0.2) is 24.4 Å². The van der Waals surface area contributed by atoms with E-state index in [2.05, 4.69) is 16.2 Å². The van der Waals surface area contributed by atoms with E-state index in [0.29, 0.717) is 13.1 Å². The van der Waals surface area contributed by atoms with Crippen LogP contribution >= 0.6 is 0 Å². The Hall–Kier alpha value is -1.86. The molecule has 0 fully saturated rings. The molecule has 17 heavy (non-hydrogen) atoms. The zero-order chi connectivity index (χ0) is 12.5. The summed E-state index contributed by atoms with van der Waals surface area (Å²) in [6.45, 7) is 4.09. The van der Waals surface area contributed by atoms with Gasteiger partial charge >= 0.3 is 0 Å². The number of rotatable bonds is 6. The number of hydrogen-bond donors (Lipinski definition) is 1. The molecule has 0 radical (unpaired) electrons. The minimum atomic E-state index is -0.0549. The van der Waals surface area contributed by atoms with Gasteiger partial charge in [-0.3, -0.25) is 14.7 Å². The Morgan fingerprint density at radius 2 is 2.41 bits per heavy atom. The van der Waals surface area contributed by atoms with Crippen LogP contribution < -0.4 is 5.32 Å². The molecule has 4 nitrogen and oxygen atoms in total. The minimum Gasteiger partial charge on any atom is -0.344 e. The molecule has 0 unspecified atom stereocenters. The minimum absolute atomic E-state index is 0.0549. The third-order valence-electron chi connectivity index (χ3n) is 2.31. The molecule has 0 spiro atoms. The zero-order valence-corrected chi connectivity index (χ0v) is 10.0. The van der Waals surface area contributed by atoms with Crippen molar-refractivity contribution in [3.63, 3.8) is 0 Å². The average Bonchev–Trinajstić information content (AvgIpc) is 2.36. The van der Waals surface area contributed by atoms with Gasteiger partial charge in [-0.1, -0.05) is 18.9 Å². The molecule has 0 aliphatic heterocycles. The molecule has 1 heterocycles. The van der Waals surface area contributed by atoms with Crippen molar-refractivity contribution < 1.29 is 4.79 Å². The van der Waals surface area contributed by atoms with Crippen LogP contribution in [0.25, 0.3) is 0 Å². The van der Waals surface area contributed by atoms with Gasteiger partial charge in [0.1, 0.15) is 0 Å². The lowest BCUT2D eigenvalue weighted by atomic mass is 10.3. The number of pyridine rings is 1. The summed E-state index contributed by atoms with van der Waals surface area (Å²) in [5.74, 6) is 2.32. The molecule has 0 saturated heterocycles. The molecule has 1 aromatic heterocycles. The number of carbonyl (C=O) groups excluding carboxylic acids is 1. The summed E-state index contributed by atoms with van der Waals surface area (Å²) in [5, 5.41) is 2.65. The van der Waals surface area contributed by atoms with Gasteiger partial charge in [-0.2, -0.15) is 0 Å². The molecule has 0 aliphatic rings. The first-order valence-corrected chi connectivity index (χ1v) is 5.58. The van der Waals surface area contributed by atoms with Gasteiger partial charge in [0.2, 0.25) is 5.91 Å². The first-order chi connectivity index (χ1) is 8.26. The fourth-order valence-corrected chi connectivity index (χ4v) is 1.41. The van der Waals surface area contributed by atoms with Crippen molar-refractivity contribution >= 4 is 5.91 Å². The highest BCUT2D eigenvalue weighted by Crippen LogP contribution is 2.00. The quantitative estimate of drug-likeness (QED) is 0.731. The van der Waals surface area contributed by atoms with E-state index in [9.17, 15) is 4.79 Å². The zero-order valence-electron chi connectivity index (χ0n) is 10.0. The monoisotopic (exact) mass is 231 g/mol. The van der Waals surface area contributed by atoms with E-state index in [1.165, 1.54) is 0 Å². The molecule has 4 heteroatoms. The van der Waals surface area contributed by atoms with Gasteiger partial charge in [-0.05, 0) is 18.7 Å². The Morgan fingerprint density at radius 3 is 3.00 bits per heavy atom. The Morgan fingerprint density at radius 1 is 1.59 bits per heavy atom. The van der Waals surface area contributed by atoms with E-state index in [1.54, 1.807) is 6.20 Å². The van der Waals surface area contributed by atoms with Gasteiger partial charge < -0.3 is 5.32 Å². The smallest absolute Gasteiger partial charge is 0.234 e. The summed E-state index contributed by atoms with van der Waals surface area (Å²) in [6.07, 6.45) is 6.83. The lowest BCUT2D eigenvalue weighted by molar-refractivity contribution is -0.122. The van der Waals surface area contributed by atoms with Crippen LogP contribution in [0.5, 0.6) is 0 Å². The summed E-state index contributed by atoms with van der Waals surface area (Å²) in [6, 6.07) is 5.76. The predicted octanol–water partition coefficient (Wildman–Crippen LogP) is 0.653. The predicted molar refractivity (Wildman–Crippen MR) is 67.0 cm³/mol. The standard InChI is InChI=1S/C13H17N3O/c1-3-8-15-13(17)11-16(4-2)10-12-7-5-6-9-14-12/h1,5-7,9H,4,8,10-11H2,2H3,(H,15,17). The largest absolute Gasteiger partial charge is 0.344 e. The first-order valence-electron chi connectivity index (χ1n) is 5.58. The van der Waals surface area contributed by atoms with E-state index in [-0.39, 0.29) is 12.5 Å². The van der Waals surface area contributed by atoms with Crippen molar-refractivity contribution in [1.82, 2.24) is 15.2 Å². The molecule has 0 atom stereocenters. The highest BCUT2D eigenvalue weighted by atomic mass is 16.2. The van der Waals surface area contributed by atoms with E-state index in [1.807, 2.05) is 30.0 Å². The van der Waals surface area contributed by atoms with Crippen molar-refractivity contribution in [3.8, 4) is 12.3 Å². The van der Waals surface area contributed by atoms with Crippen LogP contribution in [0.1, 0.15) is 12.6 Å². The van der Waals surface area contributed by atoms with Crippen molar-refractivity contribution in [2.24, 2.45) is 0 Å². The number of nitrogens with zero attached hydrogens (tertiary/aromatic N) is 2. The van der Waals surface area contributed by atoms with Crippen LogP contribution in [-0.4, -0.2) is 35.4 Å². The van der Waals surface area contributed by atoms with E-state index >= 15 is 0 Å². The lowest BCUT2D eigenvalue weighted by Gasteiger charge is -2.18. The Balaban J connectivity index is 2.44. The van der Waals surface area contributed by atoms with Gasteiger partial charge in [-0.25, -0.2) is 0 Å². The molecule has 0 saturated carbocycles. The first kappa shape index (κ1) is 13.2. The van der Waals surface area contributed by atoms with E-state index < -0.39 is 0 Å². The summed E-state index contributed by atoms with van der Waals surface area (Å²) in [4.78, 5) is 17.7. The third-order valence-corrected chi connectivity index (χ3v) is 2.31. The number of terminal acetylenes is 1. The molecule has 0 aliphatic carbocycles. The summed E-state index contributed by atoms with van der Waals surface area (Å²) in [7, 11) is 0. The maximum Gasteiger partial charge on any atom is 0.234 e. The summed E-state index contributed by atoms with van der Waals surface area (Å²) < 4.78 is 0. The molecule has 0 aromatic carbocycles. The van der Waals surface area contributed by atoms with E-state index in [4.69, 9.17) is 6.42 Å². The van der Waals surface area contributed by atoms with Crippen LogP contribution in [0.4, 0.5) is 0 Å². The fraction of sp³-hybridized carbons (Fsp3) is 0.385. The second-order valence-electron chi connectivity index (χ2n) is 3.61. The number of nitrogens with one attached hydrogen (secondary N) is 1. The Bertz CT molecular complexity index is 383. The molecule has 1 N–H and O–H groups in total. The van der Waals surface area contributed by atoms with Gasteiger partial charge in [-0.15, -0.1) is 6.42 Å². The van der Waals surface area contributed by atoms with E-state index in [0.717, 1.165) is 12.2 Å². The second kappa shape index (κ2) is 7.42. The van der Waals surface area contributed by atoms with Crippen molar-refractivity contribution in [2.75, 3.05) is 19.6 Å². The normalized spacial score (nSPS) is 9.94. The topological polar surface area (TPSA) is 45.2 Å². The SMILES string of the molecule is C#CCNC(=O)CN(CC)Cc1ccccn1. The molecular formula is C13H17N3O. The number of carbonyl (C=O) groups is 1. The highest BCUT2D eigenvalue weighted by molar-refractivity contribution is 5.78. The fourth-order valence-electron chi connectivity index (χ4n) is 1.41. The molecule has 1 amide bonds. The van der Waals surface area contributed by atoms with Gasteiger partial charge in [0.15, 0.2) is 0 Å². The molecule has 0 bridgehead atoms. The van der Waals surface area contributed by atoms with Crippen molar-refractivity contribution in [3.05, 3.63) is 30.1 Å². The maximum absolute atomic E-state index is 11.5. The number of hydrogen-bond acceptors (Lipinski definition) is 3. The highest BCUT2D eigenvalue weighted by Gasteiger charge is 2.09. The average molecular weight is 231 g/mol. The van der Waals surface area contributed by atoms with Crippen LogP contribution in [0, 0.1) is 12.3 Å². The molecule has 1 aromatic rings. The third kappa shape index (κ3) is 5.14. The second-order valence-corrected chi connectivity index (χ2v) is 3.61. The van der Waals surface area contributed by atoms with Gasteiger partial charge in [0.05, 0.1) is 18.8 Å². The van der Waals surface area contributed by atoms with Gasteiger partial charge in [0.25, 0.3) is 0 Å². The van der Waals surface area contributed by atoms with Gasteiger partial charge in [0, 0.05) is 12.7 Å². The number of aromatic nitrogens is 1. The molecule has 1 rings (SSSR count). The molecular weight excluding hydrogens is 214 g/mol. The van der Waals surface area contributed by atoms with Crippen molar-refractivity contribution in [1.29, 1.82) is 0 Å². The van der Waals surface area contributed by atoms with Crippen molar-refractivity contribution in [2.45, 2.75) is 13.5 Å². The Kier molecular flexibility index (Phi) is 5.76. The summed E-state index contributed by atoms with van der Waals surface area (Å²) in [5.41, 5.74) is 0.957. The number of amides is 1. The maximum atomic E-state index is 11.5. The van der Waals surface area contributed by atoms with Crippen LogP contribution in [0.2, 0.25) is 0 Å². The Labute approximate surface area is 102 Å². The number of likely N-dealkylation sites (N-methyl/N-ethyl adjacent to an activating group) is 1. The lowest BCUT2D eigenvalue weighted by Crippen LogP contribution is -2.37. The van der Waals surface area contributed by atoms with Crippen LogP contribution in [-0.2, 0) is 11.3 Å². The molecule has 90 valence electrons. The summed E-state index contributed by atoms with van der Waals surface area (Å²) >= 11 is 0.